The van der Waals surface area contributed by atoms with Crippen LogP contribution < -0.4 is 5.73 Å². The molecule has 0 radical (unpaired) electrons. The van der Waals surface area contributed by atoms with E-state index in [1.54, 1.807) is 0 Å². The van der Waals surface area contributed by atoms with E-state index in [-0.39, 0.29) is 24.4 Å². The average Bonchev–Trinajstić information content (AvgIpc) is 2.55. The van der Waals surface area contributed by atoms with Crippen molar-refractivity contribution >= 4 is 5.96 Å². The molecule has 1 spiro atoms. The van der Waals surface area contributed by atoms with Gasteiger partial charge < -0.3 is 10.6 Å². The summed E-state index contributed by atoms with van der Waals surface area (Å²) < 4.78 is 38.0. The smallest absolute Gasteiger partial charge is 0.370 e. The number of hydrogen-bond acceptors (Lipinski definition) is 3. The van der Waals surface area contributed by atoms with Crippen LogP contribution in [0.5, 0.6) is 0 Å². The third-order valence-electron chi connectivity index (χ3n) is 4.19. The second-order valence-corrected chi connectivity index (χ2v) is 5.68. The van der Waals surface area contributed by atoms with Crippen LogP contribution in [0, 0.1) is 5.92 Å². The molecule has 2 aliphatic rings. The van der Waals surface area contributed by atoms with E-state index in [2.05, 4.69) is 4.99 Å². The van der Waals surface area contributed by atoms with Crippen molar-refractivity contribution in [3.05, 3.63) is 0 Å². The van der Waals surface area contributed by atoms with E-state index in [1.165, 1.54) is 0 Å². The first kappa shape index (κ1) is 13.5. The van der Waals surface area contributed by atoms with Gasteiger partial charge in [0.25, 0.3) is 0 Å². The molecule has 0 amide bonds. The van der Waals surface area contributed by atoms with Gasteiger partial charge in [-0.25, -0.2) is 0 Å². The standard InChI is InChI=1S/C12H20F3N3/c1-8(2)18-10(16)17-7-11(18)5-3-9(4-6-11)12(13,14)15/h8-9H,3-7H2,1-2H3,(H2,16,17). The van der Waals surface area contributed by atoms with Crippen molar-refractivity contribution in [2.75, 3.05) is 6.54 Å². The lowest BCUT2D eigenvalue weighted by Gasteiger charge is -2.46. The fraction of sp³-hybridized carbons (Fsp3) is 0.917. The van der Waals surface area contributed by atoms with E-state index >= 15 is 0 Å². The lowest BCUT2D eigenvalue weighted by molar-refractivity contribution is -0.187. The third-order valence-corrected chi connectivity index (χ3v) is 4.19. The highest BCUT2D eigenvalue weighted by Crippen LogP contribution is 2.45. The van der Waals surface area contributed by atoms with Gasteiger partial charge in [0.05, 0.1) is 18.0 Å². The summed E-state index contributed by atoms with van der Waals surface area (Å²) >= 11 is 0. The molecule has 1 heterocycles. The zero-order valence-corrected chi connectivity index (χ0v) is 10.8. The van der Waals surface area contributed by atoms with Gasteiger partial charge in [-0.2, -0.15) is 13.2 Å². The molecule has 104 valence electrons. The highest BCUT2D eigenvalue weighted by Gasteiger charge is 2.50. The maximum absolute atomic E-state index is 12.7. The Balaban J connectivity index is 2.09. The summed E-state index contributed by atoms with van der Waals surface area (Å²) in [5, 5.41) is 0. The highest BCUT2D eigenvalue weighted by molar-refractivity contribution is 5.81. The highest BCUT2D eigenvalue weighted by atomic mass is 19.4. The molecule has 0 aromatic carbocycles. The van der Waals surface area contributed by atoms with E-state index in [4.69, 9.17) is 5.73 Å². The normalized spacial score (nSPS) is 33.3. The summed E-state index contributed by atoms with van der Waals surface area (Å²) in [6.07, 6.45) is -2.63. The Morgan fingerprint density at radius 2 is 1.89 bits per heavy atom. The van der Waals surface area contributed by atoms with Crippen LogP contribution in [0.3, 0.4) is 0 Å². The van der Waals surface area contributed by atoms with E-state index in [0.717, 1.165) is 0 Å². The fourth-order valence-corrected chi connectivity index (χ4v) is 3.32. The van der Waals surface area contributed by atoms with E-state index < -0.39 is 12.1 Å². The molecular formula is C12H20F3N3. The van der Waals surface area contributed by atoms with Crippen molar-refractivity contribution < 1.29 is 13.2 Å². The fourth-order valence-electron chi connectivity index (χ4n) is 3.32. The van der Waals surface area contributed by atoms with Gasteiger partial charge in [0.1, 0.15) is 0 Å². The number of aliphatic imine (C=N–C) groups is 1. The third kappa shape index (κ3) is 2.17. The Morgan fingerprint density at radius 1 is 1.33 bits per heavy atom. The molecule has 0 bridgehead atoms. The molecule has 0 aromatic heterocycles. The molecule has 1 fully saturated rings. The molecule has 0 aromatic rings. The van der Waals surface area contributed by atoms with E-state index in [9.17, 15) is 13.2 Å². The van der Waals surface area contributed by atoms with Gasteiger partial charge in [-0.05, 0) is 39.5 Å². The van der Waals surface area contributed by atoms with Crippen LogP contribution in [0.2, 0.25) is 0 Å². The van der Waals surface area contributed by atoms with Crippen molar-refractivity contribution in [3.8, 4) is 0 Å². The summed E-state index contributed by atoms with van der Waals surface area (Å²) in [5.74, 6) is -0.672. The summed E-state index contributed by atoms with van der Waals surface area (Å²) in [6.45, 7) is 4.55. The minimum Gasteiger partial charge on any atom is -0.370 e. The summed E-state index contributed by atoms with van der Waals surface area (Å²) in [4.78, 5) is 6.26. The SMILES string of the molecule is CC(C)N1C(N)=NCC12CCC(C(F)(F)F)CC2. The van der Waals surface area contributed by atoms with Crippen molar-refractivity contribution in [2.45, 2.75) is 57.3 Å². The maximum atomic E-state index is 12.7. The Labute approximate surface area is 105 Å². The van der Waals surface area contributed by atoms with Gasteiger partial charge in [0, 0.05) is 6.04 Å². The van der Waals surface area contributed by atoms with Gasteiger partial charge in [-0.15, -0.1) is 0 Å². The van der Waals surface area contributed by atoms with E-state index in [0.29, 0.717) is 25.3 Å². The molecular weight excluding hydrogens is 243 g/mol. The van der Waals surface area contributed by atoms with Gasteiger partial charge in [0.2, 0.25) is 0 Å². The maximum Gasteiger partial charge on any atom is 0.391 e. The minimum atomic E-state index is -4.06. The first-order valence-corrected chi connectivity index (χ1v) is 6.42. The lowest BCUT2D eigenvalue weighted by Crippen LogP contribution is -2.56. The van der Waals surface area contributed by atoms with Gasteiger partial charge in [-0.3, -0.25) is 4.99 Å². The van der Waals surface area contributed by atoms with E-state index in [1.807, 2.05) is 18.7 Å². The largest absolute Gasteiger partial charge is 0.391 e. The quantitative estimate of drug-likeness (QED) is 0.789. The van der Waals surface area contributed by atoms with Crippen LogP contribution in [-0.4, -0.2) is 35.2 Å². The predicted octanol–water partition coefficient (Wildman–Crippen LogP) is 2.52. The lowest BCUT2D eigenvalue weighted by atomic mass is 9.75. The predicted molar refractivity (Wildman–Crippen MR) is 64.2 cm³/mol. The van der Waals surface area contributed by atoms with Crippen molar-refractivity contribution in [2.24, 2.45) is 16.6 Å². The summed E-state index contributed by atoms with van der Waals surface area (Å²) in [7, 11) is 0. The Kier molecular flexibility index (Phi) is 3.23. The topological polar surface area (TPSA) is 41.6 Å². The number of alkyl halides is 3. The Bertz CT molecular complexity index is 341. The van der Waals surface area contributed by atoms with Crippen LogP contribution in [-0.2, 0) is 0 Å². The number of nitrogens with zero attached hydrogens (tertiary/aromatic N) is 2. The molecule has 3 nitrogen and oxygen atoms in total. The molecule has 0 atom stereocenters. The molecule has 6 heteroatoms. The van der Waals surface area contributed by atoms with Crippen LogP contribution >= 0.6 is 0 Å². The van der Waals surface area contributed by atoms with Crippen LogP contribution in [0.15, 0.2) is 4.99 Å². The van der Waals surface area contributed by atoms with Crippen LogP contribution in [0.1, 0.15) is 39.5 Å². The van der Waals surface area contributed by atoms with Crippen molar-refractivity contribution in [1.29, 1.82) is 0 Å². The molecule has 1 saturated carbocycles. The van der Waals surface area contributed by atoms with Gasteiger partial charge in [0.15, 0.2) is 5.96 Å². The number of guanidine groups is 1. The van der Waals surface area contributed by atoms with Crippen LogP contribution in [0.4, 0.5) is 13.2 Å². The second kappa shape index (κ2) is 4.31. The molecule has 0 saturated heterocycles. The van der Waals surface area contributed by atoms with Crippen LogP contribution in [0.25, 0.3) is 0 Å². The first-order chi connectivity index (χ1) is 8.26. The number of hydrogen-bond donors (Lipinski definition) is 1. The average molecular weight is 263 g/mol. The minimum absolute atomic E-state index is 0.179. The second-order valence-electron chi connectivity index (χ2n) is 5.68. The molecule has 0 unspecified atom stereocenters. The van der Waals surface area contributed by atoms with Crippen molar-refractivity contribution in [1.82, 2.24) is 4.90 Å². The first-order valence-electron chi connectivity index (χ1n) is 6.42. The zero-order chi connectivity index (χ0) is 13.6. The molecule has 2 N–H and O–H groups in total. The molecule has 1 aliphatic carbocycles. The Hall–Kier alpha value is -0.940. The molecule has 18 heavy (non-hydrogen) atoms. The number of nitrogens with two attached hydrogens (primary N) is 1. The molecule has 2 rings (SSSR count). The zero-order valence-electron chi connectivity index (χ0n) is 10.8. The number of halogens is 3. The van der Waals surface area contributed by atoms with Gasteiger partial charge >= 0.3 is 6.18 Å². The van der Waals surface area contributed by atoms with Gasteiger partial charge in [-0.1, -0.05) is 0 Å². The summed E-state index contributed by atoms with van der Waals surface area (Å²) in [5.41, 5.74) is 5.60. The monoisotopic (exact) mass is 263 g/mol. The number of rotatable bonds is 1. The van der Waals surface area contributed by atoms with Crippen molar-refractivity contribution in [3.63, 3.8) is 0 Å². The molecule has 1 aliphatic heterocycles. The Morgan fingerprint density at radius 3 is 2.33 bits per heavy atom. The summed E-state index contributed by atoms with van der Waals surface area (Å²) in [6, 6.07) is 0.179.